The minimum atomic E-state index is 0.777. The Bertz CT molecular complexity index is 482. The van der Waals surface area contributed by atoms with Gasteiger partial charge in [0.15, 0.2) is 0 Å². The van der Waals surface area contributed by atoms with Crippen molar-refractivity contribution in [2.24, 2.45) is 0 Å². The van der Waals surface area contributed by atoms with Gasteiger partial charge < -0.3 is 10.1 Å². The van der Waals surface area contributed by atoms with Crippen LogP contribution in [0.5, 0.6) is 5.75 Å². The summed E-state index contributed by atoms with van der Waals surface area (Å²) in [6, 6.07) is 18.3. The summed E-state index contributed by atoms with van der Waals surface area (Å²) in [6.45, 7) is 3.89. The summed E-state index contributed by atoms with van der Waals surface area (Å²) in [7, 11) is 0. The van der Waals surface area contributed by atoms with Gasteiger partial charge in [0.05, 0.1) is 6.61 Å². The fourth-order valence-electron chi connectivity index (χ4n) is 1.93. The highest BCUT2D eigenvalue weighted by atomic mass is 16.5. The van der Waals surface area contributed by atoms with Crippen molar-refractivity contribution in [3.63, 3.8) is 0 Å². The lowest BCUT2D eigenvalue weighted by Crippen LogP contribution is -2.05. The number of nitrogens with one attached hydrogen (secondary N) is 1. The van der Waals surface area contributed by atoms with Gasteiger partial charge in [-0.2, -0.15) is 0 Å². The number of benzene rings is 2. The minimum Gasteiger partial charge on any atom is -0.494 e. The molecule has 0 unspecified atom stereocenters. The summed E-state index contributed by atoms with van der Waals surface area (Å²) in [6.07, 6.45) is 2.18. The number of aryl methyl sites for hydroxylation is 1. The first-order valence-electron chi connectivity index (χ1n) is 6.83. The van der Waals surface area contributed by atoms with E-state index in [9.17, 15) is 0 Å². The van der Waals surface area contributed by atoms with E-state index in [-0.39, 0.29) is 0 Å². The number of anilines is 1. The standard InChI is InChI=1S/C17H21NO/c1-15-9-5-6-12-17(15)18-13-7-8-14-19-16-10-3-2-4-11-16/h2-6,9-12,18H,7-8,13-14H2,1H3. The number of ether oxygens (including phenoxy) is 1. The van der Waals surface area contributed by atoms with Crippen LogP contribution >= 0.6 is 0 Å². The van der Waals surface area contributed by atoms with E-state index in [4.69, 9.17) is 4.74 Å². The molecule has 0 fully saturated rings. The molecule has 0 aliphatic rings. The molecular formula is C17H21NO. The largest absolute Gasteiger partial charge is 0.494 e. The predicted octanol–water partition coefficient (Wildman–Crippen LogP) is 4.27. The number of para-hydroxylation sites is 2. The van der Waals surface area contributed by atoms with Gasteiger partial charge in [-0.1, -0.05) is 36.4 Å². The summed E-state index contributed by atoms with van der Waals surface area (Å²) in [5.74, 6) is 0.953. The van der Waals surface area contributed by atoms with Crippen LogP contribution in [0.2, 0.25) is 0 Å². The Balaban J connectivity index is 1.59. The molecule has 2 rings (SSSR count). The van der Waals surface area contributed by atoms with Gasteiger partial charge in [-0.05, 0) is 43.5 Å². The fourth-order valence-corrected chi connectivity index (χ4v) is 1.93. The first-order valence-corrected chi connectivity index (χ1v) is 6.83. The number of unbranched alkanes of at least 4 members (excludes halogenated alkanes) is 1. The zero-order valence-corrected chi connectivity index (χ0v) is 11.4. The monoisotopic (exact) mass is 255 g/mol. The van der Waals surface area contributed by atoms with Gasteiger partial charge in [0.2, 0.25) is 0 Å². The Labute approximate surface area is 115 Å². The molecule has 0 saturated heterocycles. The van der Waals surface area contributed by atoms with Gasteiger partial charge in [0.25, 0.3) is 0 Å². The van der Waals surface area contributed by atoms with E-state index in [0.717, 1.165) is 31.7 Å². The van der Waals surface area contributed by atoms with Crippen molar-refractivity contribution in [2.75, 3.05) is 18.5 Å². The Hall–Kier alpha value is -1.96. The lowest BCUT2D eigenvalue weighted by Gasteiger charge is -2.09. The summed E-state index contributed by atoms with van der Waals surface area (Å²) in [5.41, 5.74) is 2.52. The molecule has 0 spiro atoms. The number of rotatable bonds is 7. The first kappa shape index (κ1) is 13.5. The average molecular weight is 255 g/mol. The second-order valence-corrected chi connectivity index (χ2v) is 4.61. The Morgan fingerprint density at radius 2 is 1.63 bits per heavy atom. The molecule has 2 heteroatoms. The summed E-state index contributed by atoms with van der Waals surface area (Å²) < 4.78 is 5.65. The first-order chi connectivity index (χ1) is 9.36. The van der Waals surface area contributed by atoms with Gasteiger partial charge in [0.1, 0.15) is 5.75 Å². The predicted molar refractivity (Wildman–Crippen MR) is 80.8 cm³/mol. The number of hydrogen-bond donors (Lipinski definition) is 1. The maximum absolute atomic E-state index is 5.65. The van der Waals surface area contributed by atoms with Crippen LogP contribution in [0, 0.1) is 6.92 Å². The summed E-state index contributed by atoms with van der Waals surface area (Å²) >= 11 is 0. The van der Waals surface area contributed by atoms with Crippen molar-refractivity contribution in [1.82, 2.24) is 0 Å². The van der Waals surface area contributed by atoms with Crippen LogP contribution in [-0.2, 0) is 0 Å². The van der Waals surface area contributed by atoms with Crippen LogP contribution in [0.1, 0.15) is 18.4 Å². The normalized spacial score (nSPS) is 10.2. The summed E-state index contributed by atoms with van der Waals surface area (Å²) in [5, 5.41) is 3.46. The highest BCUT2D eigenvalue weighted by molar-refractivity contribution is 5.50. The zero-order chi connectivity index (χ0) is 13.3. The molecule has 1 N–H and O–H groups in total. The van der Waals surface area contributed by atoms with Crippen LogP contribution in [-0.4, -0.2) is 13.2 Å². The zero-order valence-electron chi connectivity index (χ0n) is 11.4. The quantitative estimate of drug-likeness (QED) is 0.746. The van der Waals surface area contributed by atoms with Crippen LogP contribution in [0.25, 0.3) is 0 Å². The molecule has 0 amide bonds. The third-order valence-corrected chi connectivity index (χ3v) is 3.04. The van der Waals surface area contributed by atoms with Crippen molar-refractivity contribution >= 4 is 5.69 Å². The van der Waals surface area contributed by atoms with Crippen LogP contribution in [0.3, 0.4) is 0 Å². The van der Waals surface area contributed by atoms with E-state index in [1.54, 1.807) is 0 Å². The molecule has 2 nitrogen and oxygen atoms in total. The molecule has 0 aliphatic carbocycles. The van der Waals surface area contributed by atoms with Gasteiger partial charge in [-0.15, -0.1) is 0 Å². The van der Waals surface area contributed by atoms with E-state index in [1.807, 2.05) is 30.3 Å². The van der Waals surface area contributed by atoms with E-state index in [0.29, 0.717) is 0 Å². The third-order valence-electron chi connectivity index (χ3n) is 3.04. The smallest absolute Gasteiger partial charge is 0.119 e. The topological polar surface area (TPSA) is 21.3 Å². The van der Waals surface area contributed by atoms with Gasteiger partial charge in [-0.25, -0.2) is 0 Å². The van der Waals surface area contributed by atoms with E-state index < -0.39 is 0 Å². The molecule has 0 aliphatic heterocycles. The van der Waals surface area contributed by atoms with Crippen LogP contribution in [0.4, 0.5) is 5.69 Å². The molecule has 100 valence electrons. The molecule has 2 aromatic carbocycles. The second kappa shape index (κ2) is 7.47. The average Bonchev–Trinajstić information content (AvgIpc) is 2.45. The third kappa shape index (κ3) is 4.66. The lowest BCUT2D eigenvalue weighted by molar-refractivity contribution is 0.308. The van der Waals surface area contributed by atoms with Crippen molar-refractivity contribution in [2.45, 2.75) is 19.8 Å². The Kier molecular flexibility index (Phi) is 5.30. The molecular weight excluding hydrogens is 234 g/mol. The highest BCUT2D eigenvalue weighted by Crippen LogP contribution is 2.13. The molecule has 0 aromatic heterocycles. The van der Waals surface area contributed by atoms with Gasteiger partial charge in [-0.3, -0.25) is 0 Å². The second-order valence-electron chi connectivity index (χ2n) is 4.61. The molecule has 0 atom stereocenters. The molecule has 0 bridgehead atoms. The van der Waals surface area contributed by atoms with Gasteiger partial charge in [0, 0.05) is 12.2 Å². The Morgan fingerprint density at radius 3 is 2.42 bits per heavy atom. The van der Waals surface area contributed by atoms with Crippen LogP contribution in [0.15, 0.2) is 54.6 Å². The maximum Gasteiger partial charge on any atom is 0.119 e. The van der Waals surface area contributed by atoms with Crippen molar-refractivity contribution < 1.29 is 4.74 Å². The number of hydrogen-bond acceptors (Lipinski definition) is 2. The Morgan fingerprint density at radius 1 is 0.895 bits per heavy atom. The van der Waals surface area contributed by atoms with Crippen molar-refractivity contribution in [3.8, 4) is 5.75 Å². The molecule has 0 heterocycles. The SMILES string of the molecule is Cc1ccccc1NCCCCOc1ccccc1. The molecule has 2 aromatic rings. The van der Waals surface area contributed by atoms with Crippen molar-refractivity contribution in [1.29, 1.82) is 0 Å². The lowest BCUT2D eigenvalue weighted by atomic mass is 10.2. The van der Waals surface area contributed by atoms with E-state index in [2.05, 4.69) is 36.5 Å². The van der Waals surface area contributed by atoms with Crippen molar-refractivity contribution in [3.05, 3.63) is 60.2 Å². The maximum atomic E-state index is 5.65. The molecule has 0 radical (unpaired) electrons. The van der Waals surface area contributed by atoms with Crippen LogP contribution < -0.4 is 10.1 Å². The molecule has 19 heavy (non-hydrogen) atoms. The minimum absolute atomic E-state index is 0.777. The molecule has 0 saturated carbocycles. The van der Waals surface area contributed by atoms with Gasteiger partial charge >= 0.3 is 0 Å². The van der Waals surface area contributed by atoms with E-state index >= 15 is 0 Å². The highest BCUT2D eigenvalue weighted by Gasteiger charge is 1.96. The van der Waals surface area contributed by atoms with E-state index in [1.165, 1.54) is 11.3 Å². The fraction of sp³-hybridized carbons (Fsp3) is 0.294. The summed E-state index contributed by atoms with van der Waals surface area (Å²) in [4.78, 5) is 0.